The molecule has 0 heterocycles. The Morgan fingerprint density at radius 3 is 2.50 bits per heavy atom. The van der Waals surface area contributed by atoms with E-state index in [2.05, 4.69) is 21.3 Å². The molecule has 0 spiro atoms. The first-order valence-corrected chi connectivity index (χ1v) is 8.90. The van der Waals surface area contributed by atoms with Crippen LogP contribution >= 0.6 is 35.7 Å². The Kier molecular flexibility index (Phi) is 13.1. The minimum absolute atomic E-state index is 0. The van der Waals surface area contributed by atoms with Crippen molar-refractivity contribution in [3.8, 4) is 5.75 Å². The van der Waals surface area contributed by atoms with E-state index in [0.29, 0.717) is 6.54 Å². The molecular formula is C16H26F2IN3OS. The van der Waals surface area contributed by atoms with Gasteiger partial charge in [0.05, 0.1) is 0 Å². The van der Waals surface area contributed by atoms with Gasteiger partial charge in [-0.05, 0) is 42.5 Å². The maximum Gasteiger partial charge on any atom is 0.387 e. The number of hydrogen-bond donors (Lipinski definition) is 1. The van der Waals surface area contributed by atoms with Gasteiger partial charge in [0.2, 0.25) is 0 Å². The minimum atomic E-state index is -2.79. The number of unbranched alkanes of at least 4 members (excludes halogenated alkanes) is 1. The van der Waals surface area contributed by atoms with E-state index in [1.165, 1.54) is 12.2 Å². The van der Waals surface area contributed by atoms with Crippen LogP contribution in [0, 0.1) is 0 Å². The lowest BCUT2D eigenvalue weighted by Crippen LogP contribution is -2.38. The highest BCUT2D eigenvalue weighted by atomic mass is 127. The van der Waals surface area contributed by atoms with Crippen LogP contribution < -0.4 is 10.1 Å². The Bertz CT molecular complexity index is 475. The quantitative estimate of drug-likeness (QED) is 0.254. The van der Waals surface area contributed by atoms with Gasteiger partial charge in [-0.1, -0.05) is 12.1 Å². The number of thioether (sulfide) groups is 1. The lowest BCUT2D eigenvalue weighted by atomic mass is 10.2. The molecule has 1 aromatic rings. The molecule has 4 nitrogen and oxygen atoms in total. The SMILES string of the molecule is CN=C(NCCCCSC)N(C)Cc1ccc(OC(F)F)cc1.I. The highest BCUT2D eigenvalue weighted by molar-refractivity contribution is 14.0. The Balaban J connectivity index is 0.00000529. The zero-order valence-corrected chi connectivity index (χ0v) is 17.4. The molecule has 0 aliphatic carbocycles. The molecule has 0 saturated heterocycles. The molecule has 1 rings (SSSR count). The third kappa shape index (κ3) is 9.51. The largest absolute Gasteiger partial charge is 0.435 e. The maximum atomic E-state index is 12.1. The molecule has 0 atom stereocenters. The van der Waals surface area contributed by atoms with Gasteiger partial charge in [-0.2, -0.15) is 20.5 Å². The molecule has 1 aromatic carbocycles. The van der Waals surface area contributed by atoms with E-state index >= 15 is 0 Å². The fraction of sp³-hybridized carbons (Fsp3) is 0.562. The first kappa shape index (κ1) is 23.2. The third-order valence-electron chi connectivity index (χ3n) is 3.20. The first-order chi connectivity index (χ1) is 11.1. The van der Waals surface area contributed by atoms with Crippen molar-refractivity contribution in [1.82, 2.24) is 10.2 Å². The van der Waals surface area contributed by atoms with Crippen LogP contribution in [0.4, 0.5) is 8.78 Å². The Hall–Kier alpha value is -0.770. The monoisotopic (exact) mass is 473 g/mol. The summed E-state index contributed by atoms with van der Waals surface area (Å²) in [5, 5.41) is 3.33. The van der Waals surface area contributed by atoms with E-state index in [1.54, 1.807) is 31.3 Å². The standard InChI is InChI=1S/C16H25F2N3OS.HI/c1-19-16(20-10-4-5-11-23-3)21(2)12-13-6-8-14(9-7-13)22-15(17)18;/h6-9,15H,4-5,10-12H2,1-3H3,(H,19,20);1H. The highest BCUT2D eigenvalue weighted by Crippen LogP contribution is 2.15. The average Bonchev–Trinajstić information content (AvgIpc) is 2.52. The lowest BCUT2D eigenvalue weighted by molar-refractivity contribution is -0.0498. The number of nitrogens with one attached hydrogen (secondary N) is 1. The van der Waals surface area contributed by atoms with E-state index < -0.39 is 6.61 Å². The van der Waals surface area contributed by atoms with Crippen LogP contribution in [-0.2, 0) is 6.54 Å². The Morgan fingerprint density at radius 2 is 1.96 bits per heavy atom. The molecule has 138 valence electrons. The average molecular weight is 473 g/mol. The van der Waals surface area contributed by atoms with Crippen molar-refractivity contribution < 1.29 is 13.5 Å². The van der Waals surface area contributed by atoms with Gasteiger partial charge < -0.3 is 15.0 Å². The predicted molar refractivity (Wildman–Crippen MR) is 109 cm³/mol. The smallest absolute Gasteiger partial charge is 0.387 e. The predicted octanol–water partition coefficient (Wildman–Crippen LogP) is 4.06. The van der Waals surface area contributed by atoms with Crippen LogP contribution in [0.5, 0.6) is 5.75 Å². The van der Waals surface area contributed by atoms with Crippen molar-refractivity contribution in [2.45, 2.75) is 26.0 Å². The second-order valence-corrected chi connectivity index (χ2v) is 6.04. The van der Waals surface area contributed by atoms with Gasteiger partial charge in [-0.25, -0.2) is 0 Å². The number of hydrogen-bond acceptors (Lipinski definition) is 3. The van der Waals surface area contributed by atoms with Crippen LogP contribution in [0.15, 0.2) is 29.3 Å². The highest BCUT2D eigenvalue weighted by Gasteiger charge is 2.07. The van der Waals surface area contributed by atoms with Crippen LogP contribution in [0.3, 0.4) is 0 Å². The summed E-state index contributed by atoms with van der Waals surface area (Å²) in [7, 11) is 3.70. The summed E-state index contributed by atoms with van der Waals surface area (Å²) in [6.07, 6.45) is 4.39. The summed E-state index contributed by atoms with van der Waals surface area (Å²) < 4.78 is 28.6. The number of ether oxygens (including phenoxy) is 1. The number of guanidine groups is 1. The normalized spacial score (nSPS) is 11.2. The summed E-state index contributed by atoms with van der Waals surface area (Å²) >= 11 is 1.85. The zero-order valence-electron chi connectivity index (χ0n) is 14.3. The van der Waals surface area contributed by atoms with E-state index in [0.717, 1.165) is 24.5 Å². The van der Waals surface area contributed by atoms with Gasteiger partial charge in [0.15, 0.2) is 5.96 Å². The fourth-order valence-corrected chi connectivity index (χ4v) is 2.57. The van der Waals surface area contributed by atoms with Gasteiger partial charge in [0.25, 0.3) is 0 Å². The van der Waals surface area contributed by atoms with Crippen LogP contribution in [0.2, 0.25) is 0 Å². The molecular weight excluding hydrogens is 447 g/mol. The number of benzene rings is 1. The van der Waals surface area contributed by atoms with Gasteiger partial charge >= 0.3 is 6.61 Å². The summed E-state index contributed by atoms with van der Waals surface area (Å²) in [5.41, 5.74) is 0.999. The van der Waals surface area contributed by atoms with Crippen molar-refractivity contribution in [3.05, 3.63) is 29.8 Å². The summed E-state index contributed by atoms with van der Waals surface area (Å²) in [4.78, 5) is 6.26. The minimum Gasteiger partial charge on any atom is -0.435 e. The summed E-state index contributed by atoms with van der Waals surface area (Å²) in [6.45, 7) is -1.27. The molecule has 0 amide bonds. The number of nitrogens with zero attached hydrogens (tertiary/aromatic N) is 2. The third-order valence-corrected chi connectivity index (χ3v) is 3.90. The molecule has 0 bridgehead atoms. The van der Waals surface area contributed by atoms with E-state index in [4.69, 9.17) is 0 Å². The molecule has 8 heteroatoms. The van der Waals surface area contributed by atoms with Crippen molar-refractivity contribution in [1.29, 1.82) is 0 Å². The first-order valence-electron chi connectivity index (χ1n) is 7.51. The second kappa shape index (κ2) is 13.5. The Labute approximate surface area is 164 Å². The van der Waals surface area contributed by atoms with Gasteiger partial charge in [-0.3, -0.25) is 4.99 Å². The van der Waals surface area contributed by atoms with Crippen LogP contribution in [-0.4, -0.2) is 50.1 Å². The van der Waals surface area contributed by atoms with Gasteiger partial charge in [-0.15, -0.1) is 24.0 Å². The molecule has 24 heavy (non-hydrogen) atoms. The molecule has 0 aliphatic heterocycles. The number of halogens is 3. The lowest BCUT2D eigenvalue weighted by Gasteiger charge is -2.22. The van der Waals surface area contributed by atoms with Crippen molar-refractivity contribution in [2.24, 2.45) is 4.99 Å². The zero-order chi connectivity index (χ0) is 17.1. The van der Waals surface area contributed by atoms with E-state index in [-0.39, 0.29) is 29.7 Å². The Morgan fingerprint density at radius 1 is 1.29 bits per heavy atom. The molecule has 0 fully saturated rings. The summed E-state index contributed by atoms with van der Waals surface area (Å²) in [5.74, 6) is 2.16. The number of rotatable bonds is 9. The molecule has 0 unspecified atom stereocenters. The molecule has 0 aliphatic rings. The van der Waals surface area contributed by atoms with E-state index in [9.17, 15) is 8.78 Å². The second-order valence-electron chi connectivity index (χ2n) is 5.05. The molecule has 0 radical (unpaired) electrons. The van der Waals surface area contributed by atoms with Crippen molar-refractivity contribution >= 4 is 41.7 Å². The maximum absolute atomic E-state index is 12.1. The molecule has 1 N–H and O–H groups in total. The summed E-state index contributed by atoms with van der Waals surface area (Å²) in [6, 6.07) is 6.65. The topological polar surface area (TPSA) is 36.9 Å². The van der Waals surface area contributed by atoms with Crippen LogP contribution in [0.25, 0.3) is 0 Å². The number of aliphatic imine (C=N–C) groups is 1. The van der Waals surface area contributed by atoms with Crippen molar-refractivity contribution in [3.63, 3.8) is 0 Å². The van der Waals surface area contributed by atoms with Crippen LogP contribution in [0.1, 0.15) is 18.4 Å². The molecule has 0 saturated carbocycles. The fourth-order valence-electron chi connectivity index (χ4n) is 2.08. The van der Waals surface area contributed by atoms with Gasteiger partial charge in [0.1, 0.15) is 5.75 Å². The van der Waals surface area contributed by atoms with Crippen molar-refractivity contribution in [2.75, 3.05) is 32.6 Å². The number of alkyl halides is 2. The van der Waals surface area contributed by atoms with Gasteiger partial charge in [0, 0.05) is 27.2 Å². The molecule has 0 aromatic heterocycles. The van der Waals surface area contributed by atoms with E-state index in [1.807, 2.05) is 23.7 Å².